The van der Waals surface area contributed by atoms with Crippen LogP contribution in [0.25, 0.3) is 22.2 Å². The number of hydrogen-bond donors (Lipinski definition) is 3. The quantitative estimate of drug-likeness (QED) is 0.491. The molecule has 1 aliphatic rings. The van der Waals surface area contributed by atoms with Gasteiger partial charge in [-0.2, -0.15) is 13.2 Å². The molecule has 0 aromatic carbocycles. The minimum Gasteiger partial charge on any atom is -0.475 e. The molecular formula is C21H20ClF3N4O5. The first-order valence-electron chi connectivity index (χ1n) is 9.81. The van der Waals surface area contributed by atoms with Crippen molar-refractivity contribution in [3.63, 3.8) is 0 Å². The largest absolute Gasteiger partial charge is 0.490 e. The number of aromatic nitrogens is 3. The maximum atomic E-state index is 11.3. The number of pyridine rings is 2. The molecule has 4 rings (SSSR count). The Morgan fingerprint density at radius 2 is 2.03 bits per heavy atom. The number of aromatic amines is 1. The van der Waals surface area contributed by atoms with Crippen molar-refractivity contribution in [3.8, 4) is 11.3 Å². The van der Waals surface area contributed by atoms with Crippen molar-refractivity contribution in [2.24, 2.45) is 0 Å². The van der Waals surface area contributed by atoms with Crippen LogP contribution in [0, 0.1) is 0 Å². The maximum absolute atomic E-state index is 11.3. The van der Waals surface area contributed by atoms with Crippen molar-refractivity contribution in [2.75, 3.05) is 25.6 Å². The summed E-state index contributed by atoms with van der Waals surface area (Å²) in [7, 11) is 1.66. The third-order valence-corrected chi connectivity index (χ3v) is 5.24. The molecule has 0 aliphatic carbocycles. The predicted octanol–water partition coefficient (Wildman–Crippen LogP) is 4.13. The number of carbonyl (C=O) groups excluding carboxylic acids is 1. The monoisotopic (exact) mass is 500 g/mol. The minimum absolute atomic E-state index is 0.176. The molecule has 0 saturated carbocycles. The molecule has 1 unspecified atom stereocenters. The summed E-state index contributed by atoms with van der Waals surface area (Å²) in [6.07, 6.45) is -0.825. The summed E-state index contributed by atoms with van der Waals surface area (Å²) >= 11 is 6.40. The van der Waals surface area contributed by atoms with Gasteiger partial charge in [-0.25, -0.2) is 14.8 Å². The van der Waals surface area contributed by atoms with Crippen LogP contribution in [0.3, 0.4) is 0 Å². The van der Waals surface area contributed by atoms with Crippen LogP contribution < -0.4 is 5.32 Å². The number of ether oxygens (including phenoxy) is 2. The molecule has 1 aliphatic heterocycles. The van der Waals surface area contributed by atoms with E-state index in [2.05, 4.69) is 15.3 Å². The average Bonchev–Trinajstić information content (AvgIpc) is 3.40. The number of nitrogens with one attached hydrogen (secondary N) is 2. The fraction of sp³-hybridized carbons (Fsp3) is 0.333. The molecule has 1 fully saturated rings. The van der Waals surface area contributed by atoms with Gasteiger partial charge in [0.2, 0.25) is 5.91 Å². The number of H-pyrrole nitrogens is 1. The van der Waals surface area contributed by atoms with Crippen LogP contribution in [0.2, 0.25) is 5.02 Å². The van der Waals surface area contributed by atoms with Crippen LogP contribution in [-0.2, 0) is 24.7 Å². The Bertz CT molecular complexity index is 1210. The number of carboxylic acid groups (broad SMARTS) is 1. The lowest BCUT2D eigenvalue weighted by Gasteiger charge is -2.25. The Balaban J connectivity index is 0.000000406. The van der Waals surface area contributed by atoms with Crippen LogP contribution >= 0.6 is 11.6 Å². The van der Waals surface area contributed by atoms with E-state index in [0.717, 1.165) is 28.6 Å². The number of nitrogens with zero attached hydrogens (tertiary/aromatic N) is 2. The van der Waals surface area contributed by atoms with E-state index in [1.165, 1.54) is 6.92 Å². The highest BCUT2D eigenvalue weighted by atomic mass is 35.5. The zero-order chi connectivity index (χ0) is 25.1. The Hall–Kier alpha value is -3.22. The van der Waals surface area contributed by atoms with Crippen LogP contribution in [0.15, 0.2) is 30.6 Å². The molecule has 3 aromatic rings. The zero-order valence-electron chi connectivity index (χ0n) is 18.0. The van der Waals surface area contributed by atoms with E-state index in [-0.39, 0.29) is 5.91 Å². The number of carbonyl (C=O) groups is 2. The van der Waals surface area contributed by atoms with Crippen LogP contribution in [0.5, 0.6) is 0 Å². The molecule has 0 radical (unpaired) electrons. The summed E-state index contributed by atoms with van der Waals surface area (Å²) in [5.41, 5.74) is 2.58. The molecule has 182 valence electrons. The van der Waals surface area contributed by atoms with Crippen molar-refractivity contribution in [1.82, 2.24) is 15.0 Å². The van der Waals surface area contributed by atoms with Crippen molar-refractivity contribution >= 4 is 40.2 Å². The number of anilines is 1. The molecule has 1 saturated heterocycles. The summed E-state index contributed by atoms with van der Waals surface area (Å²) in [6.45, 7) is 2.51. The second-order valence-corrected chi connectivity index (χ2v) is 7.79. The number of methoxy groups -OCH3 is 1. The fourth-order valence-electron chi connectivity index (χ4n) is 3.36. The van der Waals surface area contributed by atoms with Crippen LogP contribution in [-0.4, -0.2) is 58.4 Å². The van der Waals surface area contributed by atoms with Gasteiger partial charge in [-0.05, 0) is 18.2 Å². The Kier molecular flexibility index (Phi) is 7.44. The smallest absolute Gasteiger partial charge is 0.475 e. The highest BCUT2D eigenvalue weighted by Gasteiger charge is 2.39. The molecular weight excluding hydrogens is 481 g/mol. The second-order valence-electron chi connectivity index (χ2n) is 7.36. The molecule has 34 heavy (non-hydrogen) atoms. The van der Waals surface area contributed by atoms with Gasteiger partial charge in [-0.15, -0.1) is 0 Å². The molecule has 4 heterocycles. The molecule has 1 atom stereocenters. The number of halogens is 4. The number of rotatable bonds is 4. The van der Waals surface area contributed by atoms with Crippen molar-refractivity contribution in [1.29, 1.82) is 0 Å². The first-order chi connectivity index (χ1) is 15.9. The van der Waals surface area contributed by atoms with Gasteiger partial charge < -0.3 is 24.9 Å². The average molecular weight is 501 g/mol. The first kappa shape index (κ1) is 25.4. The van der Waals surface area contributed by atoms with Crippen molar-refractivity contribution < 1.29 is 37.3 Å². The minimum atomic E-state index is -5.08. The van der Waals surface area contributed by atoms with E-state index >= 15 is 0 Å². The summed E-state index contributed by atoms with van der Waals surface area (Å²) in [5.74, 6) is -2.45. The molecule has 3 N–H and O–H groups in total. The number of fused-ring (bicyclic) bond motifs is 1. The lowest BCUT2D eigenvalue weighted by atomic mass is 9.97. The van der Waals surface area contributed by atoms with Crippen LogP contribution in [0.4, 0.5) is 19.0 Å². The lowest BCUT2D eigenvalue weighted by molar-refractivity contribution is -0.192. The van der Waals surface area contributed by atoms with Gasteiger partial charge in [0.1, 0.15) is 11.4 Å². The summed E-state index contributed by atoms with van der Waals surface area (Å²) in [4.78, 5) is 32.5. The number of amides is 1. The van der Waals surface area contributed by atoms with Gasteiger partial charge in [-0.1, -0.05) is 11.6 Å². The highest BCUT2D eigenvalue weighted by Crippen LogP contribution is 2.37. The highest BCUT2D eigenvalue weighted by molar-refractivity contribution is 6.31. The van der Waals surface area contributed by atoms with E-state index in [1.54, 1.807) is 13.3 Å². The maximum Gasteiger partial charge on any atom is 0.490 e. The van der Waals surface area contributed by atoms with E-state index in [9.17, 15) is 18.0 Å². The SMILES string of the molecule is COC1(c2cc(Cl)cc(-c3c[nH]c4cnc(NC(C)=O)cc34)n2)CCOC1.O=C(O)C(F)(F)F. The topological polar surface area (TPSA) is 126 Å². The summed E-state index contributed by atoms with van der Waals surface area (Å²) in [6, 6.07) is 5.45. The van der Waals surface area contributed by atoms with Gasteiger partial charge in [0, 0.05) is 49.2 Å². The molecule has 9 nitrogen and oxygen atoms in total. The molecule has 13 heteroatoms. The molecule has 3 aromatic heterocycles. The van der Waals surface area contributed by atoms with E-state index in [0.29, 0.717) is 29.7 Å². The number of alkyl halides is 3. The van der Waals surface area contributed by atoms with Crippen LogP contribution in [0.1, 0.15) is 19.0 Å². The number of carboxylic acids is 1. The summed E-state index contributed by atoms with van der Waals surface area (Å²) in [5, 5.41) is 11.3. The van der Waals surface area contributed by atoms with Gasteiger partial charge in [0.05, 0.1) is 29.7 Å². The first-order valence-corrected chi connectivity index (χ1v) is 10.2. The Morgan fingerprint density at radius 1 is 1.32 bits per heavy atom. The van der Waals surface area contributed by atoms with Gasteiger partial charge in [-0.3, -0.25) is 4.79 Å². The van der Waals surface area contributed by atoms with E-state index in [1.807, 2.05) is 24.4 Å². The van der Waals surface area contributed by atoms with E-state index < -0.39 is 17.7 Å². The third kappa shape index (κ3) is 5.64. The fourth-order valence-corrected chi connectivity index (χ4v) is 3.57. The Labute approximate surface area is 196 Å². The predicted molar refractivity (Wildman–Crippen MR) is 116 cm³/mol. The molecule has 0 bridgehead atoms. The number of hydrogen-bond acceptors (Lipinski definition) is 6. The van der Waals surface area contributed by atoms with Gasteiger partial charge in [0.15, 0.2) is 0 Å². The molecule has 1 amide bonds. The second kappa shape index (κ2) is 9.95. The molecule has 0 spiro atoms. The summed E-state index contributed by atoms with van der Waals surface area (Å²) < 4.78 is 43.0. The lowest BCUT2D eigenvalue weighted by Crippen LogP contribution is -2.30. The van der Waals surface area contributed by atoms with Crippen molar-refractivity contribution in [3.05, 3.63) is 41.3 Å². The standard InChI is InChI=1S/C19H19ClN4O3.C2HF3O2/c1-11(25)23-18-7-13-14(8-21-16(13)9-22-18)15-5-12(20)6-17(24-15)19(26-2)3-4-27-10-19;3-2(4,5)1(6)7/h5-9,21H,3-4,10H2,1-2H3,(H,22,23,25);(H,6,7). The number of aliphatic carboxylic acids is 1. The Morgan fingerprint density at radius 3 is 2.59 bits per heavy atom. The third-order valence-electron chi connectivity index (χ3n) is 5.02. The normalized spacial score (nSPS) is 17.8. The van der Waals surface area contributed by atoms with Gasteiger partial charge in [0.25, 0.3) is 0 Å². The zero-order valence-corrected chi connectivity index (χ0v) is 18.8. The van der Waals surface area contributed by atoms with Crippen molar-refractivity contribution in [2.45, 2.75) is 25.1 Å². The van der Waals surface area contributed by atoms with Gasteiger partial charge >= 0.3 is 12.1 Å². The van der Waals surface area contributed by atoms with E-state index in [4.69, 9.17) is 36.0 Å².